The molecule has 0 bridgehead atoms. The van der Waals surface area contributed by atoms with Gasteiger partial charge in [-0.2, -0.15) is 5.26 Å². The lowest BCUT2D eigenvalue weighted by molar-refractivity contribution is -0.117. The van der Waals surface area contributed by atoms with Gasteiger partial charge in [-0.3, -0.25) is 4.79 Å². The van der Waals surface area contributed by atoms with E-state index in [-0.39, 0.29) is 5.78 Å². The van der Waals surface area contributed by atoms with Crippen molar-refractivity contribution in [3.05, 3.63) is 69.7 Å². The topological polar surface area (TPSA) is 40.9 Å². The van der Waals surface area contributed by atoms with E-state index in [1.54, 1.807) is 18.2 Å². The van der Waals surface area contributed by atoms with Crippen LogP contribution in [0.4, 0.5) is 0 Å². The van der Waals surface area contributed by atoms with Crippen LogP contribution in [0, 0.1) is 18.3 Å². The van der Waals surface area contributed by atoms with Crippen LogP contribution in [0.5, 0.6) is 0 Å². The van der Waals surface area contributed by atoms with E-state index in [0.717, 1.165) is 16.7 Å². The molecule has 2 aromatic rings. The average molecular weight is 284 g/mol. The first-order valence-corrected chi connectivity index (χ1v) is 6.72. The summed E-state index contributed by atoms with van der Waals surface area (Å²) < 4.78 is 0. The van der Waals surface area contributed by atoms with Gasteiger partial charge in [-0.15, -0.1) is 0 Å². The van der Waals surface area contributed by atoms with E-state index in [1.807, 2.05) is 31.2 Å². The molecule has 0 amide bonds. The Labute approximate surface area is 123 Å². The quantitative estimate of drug-likeness (QED) is 0.854. The highest BCUT2D eigenvalue weighted by atomic mass is 35.5. The van der Waals surface area contributed by atoms with Gasteiger partial charge in [-0.05, 0) is 41.8 Å². The smallest absolute Gasteiger partial charge is 0.141 e. The van der Waals surface area contributed by atoms with Crippen molar-refractivity contribution in [2.45, 2.75) is 19.8 Å². The van der Waals surface area contributed by atoms with Crippen LogP contribution in [0.15, 0.2) is 42.5 Å². The Morgan fingerprint density at radius 3 is 2.50 bits per heavy atom. The monoisotopic (exact) mass is 283 g/mol. The Hall–Kier alpha value is -2.11. The highest BCUT2D eigenvalue weighted by Gasteiger charge is 2.07. The summed E-state index contributed by atoms with van der Waals surface area (Å²) in [6, 6.07) is 14.9. The molecule has 2 nitrogen and oxygen atoms in total. The van der Waals surface area contributed by atoms with E-state index < -0.39 is 0 Å². The Balaban J connectivity index is 2.05. The third-order valence-corrected chi connectivity index (χ3v) is 3.51. The van der Waals surface area contributed by atoms with Gasteiger partial charge in [-0.1, -0.05) is 35.9 Å². The van der Waals surface area contributed by atoms with E-state index in [2.05, 4.69) is 6.07 Å². The summed E-state index contributed by atoms with van der Waals surface area (Å²) in [4.78, 5) is 12.1. The van der Waals surface area contributed by atoms with Gasteiger partial charge in [0.1, 0.15) is 5.78 Å². The van der Waals surface area contributed by atoms with E-state index >= 15 is 0 Å². The fourth-order valence-corrected chi connectivity index (χ4v) is 2.20. The molecule has 20 heavy (non-hydrogen) atoms. The number of carbonyl (C=O) groups excluding carboxylic acids is 1. The Kier molecular flexibility index (Phi) is 4.55. The second kappa shape index (κ2) is 6.36. The molecule has 0 unspecified atom stereocenters. The van der Waals surface area contributed by atoms with Crippen LogP contribution in [0.3, 0.4) is 0 Å². The molecule has 0 radical (unpaired) electrons. The second-order valence-corrected chi connectivity index (χ2v) is 5.20. The third kappa shape index (κ3) is 3.69. The number of benzene rings is 2. The summed E-state index contributed by atoms with van der Waals surface area (Å²) in [6.45, 7) is 1.92. The molecule has 0 saturated carbocycles. The standard InChI is InChI=1S/C17H14ClNO/c1-12-7-14(5-6-17(12)18)10-16(20)9-13-3-2-4-15(8-13)11-19/h2-8H,9-10H2,1H3. The van der Waals surface area contributed by atoms with Gasteiger partial charge in [0.25, 0.3) is 0 Å². The highest BCUT2D eigenvalue weighted by molar-refractivity contribution is 6.31. The molecule has 3 heteroatoms. The molecule has 0 aromatic heterocycles. The van der Waals surface area contributed by atoms with Crippen molar-refractivity contribution in [1.29, 1.82) is 5.26 Å². The second-order valence-electron chi connectivity index (χ2n) is 4.79. The van der Waals surface area contributed by atoms with Crippen molar-refractivity contribution in [2.75, 3.05) is 0 Å². The normalized spacial score (nSPS) is 10.1. The maximum absolute atomic E-state index is 12.1. The van der Waals surface area contributed by atoms with E-state index in [0.29, 0.717) is 23.4 Å². The molecule has 0 aliphatic heterocycles. The van der Waals surface area contributed by atoms with Crippen molar-refractivity contribution in [3.8, 4) is 6.07 Å². The lowest BCUT2D eigenvalue weighted by atomic mass is 10.0. The van der Waals surface area contributed by atoms with E-state index in [9.17, 15) is 4.79 Å². The number of rotatable bonds is 4. The molecule has 0 fully saturated rings. The van der Waals surface area contributed by atoms with Crippen LogP contribution in [0.1, 0.15) is 22.3 Å². The van der Waals surface area contributed by atoms with Crippen LogP contribution in [-0.4, -0.2) is 5.78 Å². The number of aryl methyl sites for hydroxylation is 1. The summed E-state index contributed by atoms with van der Waals surface area (Å²) >= 11 is 5.96. The zero-order valence-corrected chi connectivity index (χ0v) is 11.9. The minimum Gasteiger partial charge on any atom is -0.299 e. The summed E-state index contributed by atoms with van der Waals surface area (Å²) in [5, 5.41) is 9.55. The SMILES string of the molecule is Cc1cc(CC(=O)Cc2cccc(C#N)c2)ccc1Cl. The zero-order valence-electron chi connectivity index (χ0n) is 11.2. The third-order valence-electron chi connectivity index (χ3n) is 3.08. The van der Waals surface area contributed by atoms with Gasteiger partial charge in [0.2, 0.25) is 0 Å². The van der Waals surface area contributed by atoms with Crippen molar-refractivity contribution in [2.24, 2.45) is 0 Å². The van der Waals surface area contributed by atoms with E-state index in [4.69, 9.17) is 16.9 Å². The number of carbonyl (C=O) groups is 1. The number of halogens is 1. The van der Waals surface area contributed by atoms with Crippen LogP contribution in [-0.2, 0) is 17.6 Å². The number of nitriles is 1. The largest absolute Gasteiger partial charge is 0.299 e. The molecular formula is C17H14ClNO. The van der Waals surface area contributed by atoms with Crippen LogP contribution in [0.2, 0.25) is 5.02 Å². The maximum atomic E-state index is 12.1. The zero-order chi connectivity index (χ0) is 14.5. The summed E-state index contributed by atoms with van der Waals surface area (Å²) in [5.74, 6) is 0.127. The molecule has 2 aromatic carbocycles. The van der Waals surface area contributed by atoms with Gasteiger partial charge >= 0.3 is 0 Å². The molecule has 0 heterocycles. The van der Waals surface area contributed by atoms with Gasteiger partial charge in [0, 0.05) is 17.9 Å². The summed E-state index contributed by atoms with van der Waals surface area (Å²) in [7, 11) is 0. The molecule has 0 spiro atoms. The molecule has 0 aliphatic rings. The first-order valence-electron chi connectivity index (χ1n) is 6.34. The van der Waals surface area contributed by atoms with Crippen molar-refractivity contribution in [1.82, 2.24) is 0 Å². The first kappa shape index (κ1) is 14.3. The number of Topliss-reactive ketones (excluding diaryl/α,β-unsaturated/α-hetero) is 1. The molecule has 0 saturated heterocycles. The van der Waals surface area contributed by atoms with Crippen molar-refractivity contribution < 1.29 is 4.79 Å². The Bertz CT molecular complexity index is 686. The van der Waals surface area contributed by atoms with Crippen molar-refractivity contribution >= 4 is 17.4 Å². The minimum absolute atomic E-state index is 0.127. The van der Waals surface area contributed by atoms with E-state index in [1.165, 1.54) is 0 Å². The predicted octanol–water partition coefficient (Wildman–Crippen LogP) is 3.87. The van der Waals surface area contributed by atoms with Gasteiger partial charge in [-0.25, -0.2) is 0 Å². The van der Waals surface area contributed by atoms with Crippen LogP contribution < -0.4 is 0 Å². The molecule has 0 atom stereocenters. The highest BCUT2D eigenvalue weighted by Crippen LogP contribution is 2.17. The lowest BCUT2D eigenvalue weighted by Gasteiger charge is -2.04. The molecule has 2 rings (SSSR count). The first-order chi connectivity index (χ1) is 9.58. The lowest BCUT2D eigenvalue weighted by Crippen LogP contribution is -2.06. The minimum atomic E-state index is 0.127. The predicted molar refractivity (Wildman–Crippen MR) is 79.8 cm³/mol. The van der Waals surface area contributed by atoms with Crippen LogP contribution in [0.25, 0.3) is 0 Å². The number of hydrogen-bond acceptors (Lipinski definition) is 2. The number of ketones is 1. The number of nitrogens with zero attached hydrogens (tertiary/aromatic N) is 1. The van der Waals surface area contributed by atoms with Crippen LogP contribution >= 0.6 is 11.6 Å². The molecular weight excluding hydrogens is 270 g/mol. The summed E-state index contributed by atoms with van der Waals surface area (Å²) in [6.07, 6.45) is 0.728. The Morgan fingerprint density at radius 1 is 1.15 bits per heavy atom. The summed E-state index contributed by atoms with van der Waals surface area (Å²) in [5.41, 5.74) is 3.40. The fourth-order valence-electron chi connectivity index (χ4n) is 2.09. The molecule has 0 N–H and O–H groups in total. The van der Waals surface area contributed by atoms with Gasteiger partial charge in [0.05, 0.1) is 11.6 Å². The maximum Gasteiger partial charge on any atom is 0.141 e. The molecule has 0 aliphatic carbocycles. The average Bonchev–Trinajstić information content (AvgIpc) is 2.43. The molecule has 100 valence electrons. The fraction of sp³-hybridized carbons (Fsp3) is 0.176. The Morgan fingerprint density at radius 2 is 1.85 bits per heavy atom. The van der Waals surface area contributed by atoms with Crippen molar-refractivity contribution in [3.63, 3.8) is 0 Å². The number of hydrogen-bond donors (Lipinski definition) is 0. The van der Waals surface area contributed by atoms with Gasteiger partial charge in [0.15, 0.2) is 0 Å². The van der Waals surface area contributed by atoms with Gasteiger partial charge < -0.3 is 0 Å².